The average molecular weight is 261 g/mol. The van der Waals surface area contributed by atoms with Gasteiger partial charge >= 0.3 is 0 Å². The van der Waals surface area contributed by atoms with Crippen LogP contribution in [0.25, 0.3) is 0 Å². The highest BCUT2D eigenvalue weighted by Gasteiger charge is 2.39. The molecule has 0 radical (unpaired) electrons. The lowest BCUT2D eigenvalue weighted by Gasteiger charge is -2.35. The Kier molecular flexibility index (Phi) is 4.27. The second-order valence-corrected chi connectivity index (χ2v) is 6.50. The van der Waals surface area contributed by atoms with Crippen molar-refractivity contribution in [3.63, 3.8) is 0 Å². The third kappa shape index (κ3) is 3.89. The summed E-state index contributed by atoms with van der Waals surface area (Å²) in [4.78, 5) is 0. The van der Waals surface area contributed by atoms with E-state index in [1.165, 1.54) is 0 Å². The lowest BCUT2D eigenvalue weighted by molar-refractivity contribution is -0.00803. The topological polar surface area (TPSA) is 32.3 Å². The molecule has 0 saturated heterocycles. The molecular formula is C14H25F2NO. The van der Waals surface area contributed by atoms with E-state index >= 15 is 0 Å². The zero-order valence-electron chi connectivity index (χ0n) is 11.2. The van der Waals surface area contributed by atoms with Gasteiger partial charge in [0.25, 0.3) is 0 Å². The Morgan fingerprint density at radius 2 is 1.83 bits per heavy atom. The van der Waals surface area contributed by atoms with E-state index in [4.69, 9.17) is 0 Å². The minimum Gasteiger partial charge on any atom is -0.389 e. The molecule has 2 aliphatic rings. The quantitative estimate of drug-likeness (QED) is 0.815. The van der Waals surface area contributed by atoms with Gasteiger partial charge in [-0.3, -0.25) is 0 Å². The van der Waals surface area contributed by atoms with Gasteiger partial charge in [0.15, 0.2) is 0 Å². The molecule has 0 spiro atoms. The van der Waals surface area contributed by atoms with Crippen molar-refractivity contribution in [1.82, 2.24) is 5.32 Å². The zero-order chi connectivity index (χ0) is 13.2. The van der Waals surface area contributed by atoms with Crippen LogP contribution in [0.2, 0.25) is 0 Å². The highest BCUT2D eigenvalue weighted by atomic mass is 19.3. The lowest BCUT2D eigenvalue weighted by Crippen LogP contribution is -2.44. The SMILES string of the molecule is CC1CCC(O)(CNCC2CCC(F)(F)C2)CC1. The molecular weight excluding hydrogens is 236 g/mol. The Morgan fingerprint density at radius 3 is 2.39 bits per heavy atom. The Labute approximate surface area is 108 Å². The fourth-order valence-electron chi connectivity index (χ4n) is 3.20. The summed E-state index contributed by atoms with van der Waals surface area (Å²) in [5.41, 5.74) is -0.604. The minimum atomic E-state index is -2.45. The molecule has 2 rings (SSSR count). The van der Waals surface area contributed by atoms with E-state index < -0.39 is 11.5 Å². The van der Waals surface area contributed by atoms with Crippen LogP contribution in [-0.2, 0) is 0 Å². The predicted molar refractivity (Wildman–Crippen MR) is 67.7 cm³/mol. The fourth-order valence-corrected chi connectivity index (χ4v) is 3.20. The molecule has 0 aromatic carbocycles. The van der Waals surface area contributed by atoms with Crippen LogP contribution in [0, 0.1) is 11.8 Å². The van der Waals surface area contributed by atoms with E-state index in [1.54, 1.807) is 0 Å². The maximum absolute atomic E-state index is 13.0. The van der Waals surface area contributed by atoms with Gasteiger partial charge in [-0.25, -0.2) is 8.78 Å². The van der Waals surface area contributed by atoms with Gasteiger partial charge in [-0.2, -0.15) is 0 Å². The molecule has 2 aliphatic carbocycles. The van der Waals surface area contributed by atoms with Crippen LogP contribution < -0.4 is 5.32 Å². The van der Waals surface area contributed by atoms with E-state index in [9.17, 15) is 13.9 Å². The lowest BCUT2D eigenvalue weighted by atomic mass is 9.79. The summed E-state index contributed by atoms with van der Waals surface area (Å²) in [5.74, 6) is -1.67. The van der Waals surface area contributed by atoms with Crippen molar-refractivity contribution in [2.75, 3.05) is 13.1 Å². The summed E-state index contributed by atoms with van der Waals surface area (Å²) in [5, 5.41) is 13.6. The van der Waals surface area contributed by atoms with Crippen molar-refractivity contribution < 1.29 is 13.9 Å². The molecule has 2 saturated carbocycles. The summed E-state index contributed by atoms with van der Waals surface area (Å²) in [6.07, 6.45) is 4.45. The Balaban J connectivity index is 1.66. The Hall–Kier alpha value is -0.220. The summed E-state index contributed by atoms with van der Waals surface area (Å²) in [7, 11) is 0. The van der Waals surface area contributed by atoms with Gasteiger partial charge in [-0.05, 0) is 50.5 Å². The molecule has 0 aliphatic heterocycles. The third-order valence-corrected chi connectivity index (χ3v) is 4.60. The number of aliphatic hydroxyl groups is 1. The highest BCUT2D eigenvalue weighted by molar-refractivity contribution is 4.88. The van der Waals surface area contributed by atoms with Gasteiger partial charge in [0.1, 0.15) is 0 Å². The van der Waals surface area contributed by atoms with E-state index in [2.05, 4.69) is 12.2 Å². The first kappa shape index (κ1) is 14.2. The highest BCUT2D eigenvalue weighted by Crippen LogP contribution is 2.38. The van der Waals surface area contributed by atoms with Gasteiger partial charge in [0.2, 0.25) is 5.92 Å². The number of nitrogens with one attached hydrogen (secondary N) is 1. The average Bonchev–Trinajstić information content (AvgIpc) is 2.63. The van der Waals surface area contributed by atoms with Crippen molar-refractivity contribution in [2.45, 2.75) is 63.4 Å². The van der Waals surface area contributed by atoms with Crippen LogP contribution in [0.1, 0.15) is 51.9 Å². The van der Waals surface area contributed by atoms with E-state index in [0.29, 0.717) is 25.4 Å². The molecule has 4 heteroatoms. The largest absolute Gasteiger partial charge is 0.389 e. The Bertz CT molecular complexity index is 275. The normalized spacial score (nSPS) is 40.0. The van der Waals surface area contributed by atoms with E-state index in [0.717, 1.165) is 25.7 Å². The molecule has 1 unspecified atom stereocenters. The maximum atomic E-state index is 13.0. The smallest absolute Gasteiger partial charge is 0.248 e. The van der Waals surface area contributed by atoms with Crippen LogP contribution in [0.4, 0.5) is 8.78 Å². The monoisotopic (exact) mass is 261 g/mol. The second kappa shape index (κ2) is 5.41. The van der Waals surface area contributed by atoms with Crippen molar-refractivity contribution in [3.8, 4) is 0 Å². The van der Waals surface area contributed by atoms with Crippen molar-refractivity contribution in [1.29, 1.82) is 0 Å². The van der Waals surface area contributed by atoms with Gasteiger partial charge < -0.3 is 10.4 Å². The van der Waals surface area contributed by atoms with Gasteiger partial charge in [-0.1, -0.05) is 6.92 Å². The fraction of sp³-hybridized carbons (Fsp3) is 1.00. The first-order valence-corrected chi connectivity index (χ1v) is 7.20. The number of hydrogen-bond acceptors (Lipinski definition) is 2. The van der Waals surface area contributed by atoms with Gasteiger partial charge in [0.05, 0.1) is 5.60 Å². The van der Waals surface area contributed by atoms with Crippen LogP contribution in [0.15, 0.2) is 0 Å². The predicted octanol–water partition coefficient (Wildman–Crippen LogP) is 2.95. The first-order chi connectivity index (χ1) is 8.39. The second-order valence-electron chi connectivity index (χ2n) is 6.50. The number of rotatable bonds is 4. The standard InChI is InChI=1S/C14H25F2NO/c1-11-2-5-13(18,6-3-11)10-17-9-12-4-7-14(15,16)8-12/h11-12,17-18H,2-10H2,1H3. The molecule has 18 heavy (non-hydrogen) atoms. The van der Waals surface area contributed by atoms with E-state index in [1.807, 2.05) is 0 Å². The molecule has 0 heterocycles. The van der Waals surface area contributed by atoms with Gasteiger partial charge in [0, 0.05) is 19.4 Å². The Morgan fingerprint density at radius 1 is 1.17 bits per heavy atom. The van der Waals surface area contributed by atoms with Crippen molar-refractivity contribution in [2.24, 2.45) is 11.8 Å². The molecule has 1 atom stereocenters. The molecule has 106 valence electrons. The van der Waals surface area contributed by atoms with Crippen molar-refractivity contribution in [3.05, 3.63) is 0 Å². The summed E-state index contributed by atoms with van der Waals surface area (Å²) >= 11 is 0. The zero-order valence-corrected chi connectivity index (χ0v) is 11.2. The van der Waals surface area contributed by atoms with Crippen LogP contribution >= 0.6 is 0 Å². The number of alkyl halides is 2. The molecule has 2 N–H and O–H groups in total. The van der Waals surface area contributed by atoms with Crippen LogP contribution in [0.5, 0.6) is 0 Å². The molecule has 0 aromatic rings. The molecule has 2 nitrogen and oxygen atoms in total. The number of hydrogen-bond donors (Lipinski definition) is 2. The summed E-state index contributed by atoms with van der Waals surface area (Å²) in [6.45, 7) is 3.39. The molecule has 2 fully saturated rings. The van der Waals surface area contributed by atoms with Crippen LogP contribution in [-0.4, -0.2) is 29.7 Å². The molecule has 0 aromatic heterocycles. The van der Waals surface area contributed by atoms with Crippen molar-refractivity contribution >= 4 is 0 Å². The summed E-state index contributed by atoms with van der Waals surface area (Å²) < 4.78 is 26.0. The maximum Gasteiger partial charge on any atom is 0.248 e. The minimum absolute atomic E-state index is 0.00939. The number of halogens is 2. The van der Waals surface area contributed by atoms with E-state index in [-0.39, 0.29) is 18.8 Å². The molecule has 0 bridgehead atoms. The molecule has 0 amide bonds. The summed E-state index contributed by atoms with van der Waals surface area (Å²) in [6, 6.07) is 0. The van der Waals surface area contributed by atoms with Gasteiger partial charge in [-0.15, -0.1) is 0 Å². The first-order valence-electron chi connectivity index (χ1n) is 7.20. The van der Waals surface area contributed by atoms with Crippen LogP contribution in [0.3, 0.4) is 0 Å². The third-order valence-electron chi connectivity index (χ3n) is 4.60.